The first kappa shape index (κ1) is 18.5. The van der Waals surface area contributed by atoms with Crippen LogP contribution in [0.1, 0.15) is 22.8 Å². The van der Waals surface area contributed by atoms with Crippen LogP contribution in [-0.4, -0.2) is 39.3 Å². The Morgan fingerprint density at radius 2 is 1.68 bits per heavy atom. The van der Waals surface area contributed by atoms with Gasteiger partial charge in [-0.15, -0.1) is 0 Å². The molecule has 0 aliphatic carbocycles. The maximum absolute atomic E-state index is 11.1. The van der Waals surface area contributed by atoms with Crippen LogP contribution < -0.4 is 0 Å². The first-order valence-electron chi connectivity index (χ1n) is 7.66. The Labute approximate surface area is 150 Å². The average Bonchev–Trinajstić information content (AvgIpc) is 2.61. The molecule has 2 rings (SSSR count). The molecular weight excluding hydrogens is 338 g/mol. The molecule has 0 saturated carbocycles. The van der Waals surface area contributed by atoms with Gasteiger partial charge in [-0.3, -0.25) is 4.99 Å². The lowest BCUT2D eigenvalue weighted by molar-refractivity contribution is -0.128. The van der Waals surface area contributed by atoms with Crippen molar-refractivity contribution in [2.45, 2.75) is 13.3 Å². The van der Waals surface area contributed by atoms with Gasteiger partial charge in [0.1, 0.15) is 4.86 Å². The van der Waals surface area contributed by atoms with Gasteiger partial charge in [0.15, 0.2) is 0 Å². The molecule has 128 valence electrons. The maximum Gasteiger partial charge on any atom is 0.348 e. The number of carboxylic acid groups (broad SMARTS) is 2. The van der Waals surface area contributed by atoms with Crippen LogP contribution in [0.3, 0.4) is 0 Å². The largest absolute Gasteiger partial charge is 0.478 e. The van der Waals surface area contributed by atoms with E-state index in [1.165, 1.54) is 6.07 Å². The van der Waals surface area contributed by atoms with Crippen molar-refractivity contribution >= 4 is 34.7 Å². The third-order valence-electron chi connectivity index (χ3n) is 3.55. The molecule has 0 atom stereocenters. The average molecular weight is 355 g/mol. The standard InChI is InChI=1S/C19H17NO4S/c1-2-20-16(17(25)19(23)24)10-12-5-3-6-13(9-12)14-7-4-8-15(11-14)18(21)22/h3-9,11H,2,10H2,1H3,(H,21,22)(H,23,24). The van der Waals surface area contributed by atoms with Crippen molar-refractivity contribution in [3.8, 4) is 11.1 Å². The highest BCUT2D eigenvalue weighted by Gasteiger charge is 2.15. The summed E-state index contributed by atoms with van der Waals surface area (Å²) >= 11 is 4.94. The Bertz CT molecular complexity index is 858. The quantitative estimate of drug-likeness (QED) is 0.586. The van der Waals surface area contributed by atoms with Crippen LogP contribution >= 0.6 is 12.2 Å². The normalized spacial score (nSPS) is 11.2. The fourth-order valence-electron chi connectivity index (χ4n) is 2.41. The number of aliphatic carboxylic acids is 1. The zero-order chi connectivity index (χ0) is 18.4. The molecule has 0 aliphatic rings. The summed E-state index contributed by atoms with van der Waals surface area (Å²) in [5.41, 5.74) is 3.05. The van der Waals surface area contributed by atoms with Crippen LogP contribution in [-0.2, 0) is 11.2 Å². The van der Waals surface area contributed by atoms with Crippen molar-refractivity contribution in [1.82, 2.24) is 0 Å². The summed E-state index contributed by atoms with van der Waals surface area (Å²) in [5.74, 6) is -2.14. The van der Waals surface area contributed by atoms with Crippen molar-refractivity contribution in [2.75, 3.05) is 6.54 Å². The predicted molar refractivity (Wildman–Crippen MR) is 101 cm³/mol. The Balaban J connectivity index is 2.34. The monoisotopic (exact) mass is 355 g/mol. The zero-order valence-corrected chi connectivity index (χ0v) is 14.4. The lowest BCUT2D eigenvalue weighted by atomic mass is 9.98. The number of thiocarbonyl (C=S) groups is 1. The Hall–Kier alpha value is -2.86. The van der Waals surface area contributed by atoms with Crippen LogP contribution in [0, 0.1) is 0 Å². The van der Waals surface area contributed by atoms with Gasteiger partial charge < -0.3 is 10.2 Å². The van der Waals surface area contributed by atoms with E-state index < -0.39 is 11.9 Å². The van der Waals surface area contributed by atoms with Gasteiger partial charge in [0, 0.05) is 13.0 Å². The molecule has 0 fully saturated rings. The molecule has 0 bridgehead atoms. The van der Waals surface area contributed by atoms with Gasteiger partial charge in [-0.25, -0.2) is 9.59 Å². The van der Waals surface area contributed by atoms with Gasteiger partial charge in [0.05, 0.1) is 11.3 Å². The lowest BCUT2D eigenvalue weighted by Crippen LogP contribution is -2.23. The van der Waals surface area contributed by atoms with E-state index in [-0.39, 0.29) is 10.4 Å². The van der Waals surface area contributed by atoms with Gasteiger partial charge in [-0.2, -0.15) is 0 Å². The highest BCUT2D eigenvalue weighted by molar-refractivity contribution is 7.84. The Morgan fingerprint density at radius 1 is 1.04 bits per heavy atom. The summed E-state index contributed by atoms with van der Waals surface area (Å²) in [6, 6.07) is 14.1. The molecule has 0 saturated heterocycles. The number of hydrogen-bond donors (Lipinski definition) is 2. The molecule has 6 heteroatoms. The van der Waals surface area contributed by atoms with E-state index in [2.05, 4.69) is 4.99 Å². The van der Waals surface area contributed by atoms with Crippen molar-refractivity contribution in [3.05, 3.63) is 59.7 Å². The van der Waals surface area contributed by atoms with E-state index in [9.17, 15) is 9.59 Å². The van der Waals surface area contributed by atoms with Crippen molar-refractivity contribution in [2.24, 2.45) is 4.99 Å². The zero-order valence-electron chi connectivity index (χ0n) is 13.6. The molecule has 5 nitrogen and oxygen atoms in total. The van der Waals surface area contributed by atoms with Crippen molar-refractivity contribution < 1.29 is 19.8 Å². The number of aliphatic imine (C=N–C) groups is 1. The summed E-state index contributed by atoms with van der Waals surface area (Å²) in [7, 11) is 0. The summed E-state index contributed by atoms with van der Waals surface area (Å²) in [4.78, 5) is 26.3. The fraction of sp³-hybridized carbons (Fsp3) is 0.158. The summed E-state index contributed by atoms with van der Waals surface area (Å²) in [6.07, 6.45) is 0.311. The topological polar surface area (TPSA) is 87.0 Å². The molecular formula is C19H17NO4S. The number of rotatable bonds is 7. The smallest absolute Gasteiger partial charge is 0.348 e. The fourth-order valence-corrected chi connectivity index (χ4v) is 2.54. The number of carbonyl (C=O) groups is 2. The second-order valence-electron chi connectivity index (χ2n) is 5.32. The molecule has 0 aliphatic heterocycles. The maximum atomic E-state index is 11.1. The molecule has 0 amide bonds. The van der Waals surface area contributed by atoms with Crippen LogP contribution in [0.4, 0.5) is 0 Å². The molecule has 2 aromatic carbocycles. The molecule has 0 aromatic heterocycles. The summed E-state index contributed by atoms with van der Waals surface area (Å²) in [6.45, 7) is 2.27. The van der Waals surface area contributed by atoms with Gasteiger partial charge in [0.25, 0.3) is 0 Å². The number of nitrogens with zero attached hydrogens (tertiary/aromatic N) is 1. The van der Waals surface area contributed by atoms with Crippen LogP contribution in [0.5, 0.6) is 0 Å². The lowest BCUT2D eigenvalue weighted by Gasteiger charge is -2.08. The minimum atomic E-state index is -1.16. The van der Waals surface area contributed by atoms with Crippen LogP contribution in [0.2, 0.25) is 0 Å². The highest BCUT2D eigenvalue weighted by atomic mass is 32.1. The van der Waals surface area contributed by atoms with E-state index in [4.69, 9.17) is 22.4 Å². The molecule has 0 unspecified atom stereocenters. The number of benzene rings is 2. The first-order chi connectivity index (χ1) is 11.9. The van der Waals surface area contributed by atoms with E-state index in [0.717, 1.165) is 16.7 Å². The van der Waals surface area contributed by atoms with Gasteiger partial charge in [-0.05, 0) is 35.7 Å². The molecule has 25 heavy (non-hydrogen) atoms. The molecule has 2 N–H and O–H groups in total. The third kappa shape index (κ3) is 4.81. The second kappa shape index (κ2) is 8.30. The summed E-state index contributed by atoms with van der Waals surface area (Å²) < 4.78 is 0. The van der Waals surface area contributed by atoms with E-state index in [1.54, 1.807) is 12.1 Å². The first-order valence-corrected chi connectivity index (χ1v) is 8.06. The van der Waals surface area contributed by atoms with Crippen molar-refractivity contribution in [3.63, 3.8) is 0 Å². The number of aromatic carboxylic acids is 1. The minimum Gasteiger partial charge on any atom is -0.478 e. The Kier molecular flexibility index (Phi) is 6.14. The van der Waals surface area contributed by atoms with Crippen molar-refractivity contribution in [1.29, 1.82) is 0 Å². The van der Waals surface area contributed by atoms with Gasteiger partial charge >= 0.3 is 11.9 Å². The van der Waals surface area contributed by atoms with Crippen LogP contribution in [0.15, 0.2) is 53.5 Å². The molecule has 0 heterocycles. The van der Waals surface area contributed by atoms with E-state index >= 15 is 0 Å². The third-order valence-corrected chi connectivity index (χ3v) is 3.96. The molecule has 0 radical (unpaired) electrons. The number of carboxylic acids is 2. The number of hydrogen-bond acceptors (Lipinski definition) is 4. The minimum absolute atomic E-state index is 0.180. The Morgan fingerprint density at radius 3 is 2.28 bits per heavy atom. The SMILES string of the molecule is CCN=C(Cc1cccc(-c2cccc(C(=O)O)c2)c1)C(=S)C(=O)O. The predicted octanol–water partition coefficient (Wildman–Crippen LogP) is 3.51. The molecule has 0 spiro atoms. The van der Waals surface area contributed by atoms with Gasteiger partial charge in [-0.1, -0.05) is 48.6 Å². The van der Waals surface area contributed by atoms with Gasteiger partial charge in [0.2, 0.25) is 0 Å². The highest BCUT2D eigenvalue weighted by Crippen LogP contribution is 2.22. The van der Waals surface area contributed by atoms with Crippen LogP contribution in [0.25, 0.3) is 11.1 Å². The second-order valence-corrected chi connectivity index (χ2v) is 5.73. The van der Waals surface area contributed by atoms with E-state index in [0.29, 0.717) is 18.7 Å². The molecule has 2 aromatic rings. The summed E-state index contributed by atoms with van der Waals surface area (Å²) in [5, 5.41) is 18.2. The van der Waals surface area contributed by atoms with E-state index in [1.807, 2.05) is 37.3 Å².